The summed E-state index contributed by atoms with van der Waals surface area (Å²) in [7, 11) is 0. The summed E-state index contributed by atoms with van der Waals surface area (Å²) >= 11 is 6.61. The average molecular weight is 374 g/mol. The number of benzene rings is 1. The first-order chi connectivity index (χ1) is 8.54. The largest absolute Gasteiger partial charge is 0.399 e. The predicted molar refractivity (Wildman–Crippen MR) is 77.1 cm³/mol. The summed E-state index contributed by atoms with van der Waals surface area (Å²) in [5.41, 5.74) is 6.94. The maximum absolute atomic E-state index is 11.8. The highest BCUT2D eigenvalue weighted by Gasteiger charge is 2.07. The van der Waals surface area contributed by atoms with Gasteiger partial charge in [0.05, 0.1) is 16.4 Å². The van der Waals surface area contributed by atoms with Gasteiger partial charge in [-0.2, -0.15) is 5.10 Å². The van der Waals surface area contributed by atoms with Gasteiger partial charge < -0.3 is 11.1 Å². The van der Waals surface area contributed by atoms with Crippen molar-refractivity contribution in [3.63, 3.8) is 0 Å². The number of hydrogen-bond donors (Lipinski definition) is 2. The van der Waals surface area contributed by atoms with Gasteiger partial charge in [0, 0.05) is 16.4 Å². The van der Waals surface area contributed by atoms with Gasteiger partial charge in [-0.1, -0.05) is 0 Å². The number of carbonyl (C=O) groups is 1. The van der Waals surface area contributed by atoms with Crippen LogP contribution < -0.4 is 11.1 Å². The highest BCUT2D eigenvalue weighted by molar-refractivity contribution is 9.10. The van der Waals surface area contributed by atoms with E-state index in [2.05, 4.69) is 42.3 Å². The highest BCUT2D eigenvalue weighted by atomic mass is 79.9. The van der Waals surface area contributed by atoms with E-state index in [1.54, 1.807) is 35.3 Å². The standard InChI is InChI=1S/C11H10Br2N4O/c12-7-4-15-17(5-7)6-11(18)16-10-2-1-8(14)3-9(10)13/h1-5H,6,14H2,(H,16,18). The molecule has 0 atom stereocenters. The van der Waals surface area contributed by atoms with Crippen molar-refractivity contribution in [1.29, 1.82) is 0 Å². The molecule has 0 aliphatic rings. The SMILES string of the molecule is Nc1ccc(NC(=O)Cn2cc(Br)cn2)c(Br)c1. The zero-order valence-corrected chi connectivity index (χ0v) is 12.4. The number of nitrogens with two attached hydrogens (primary N) is 1. The molecule has 0 spiro atoms. The van der Waals surface area contributed by atoms with Crippen molar-refractivity contribution < 1.29 is 4.79 Å². The molecule has 94 valence electrons. The molecule has 7 heteroatoms. The van der Waals surface area contributed by atoms with Gasteiger partial charge in [-0.15, -0.1) is 0 Å². The van der Waals surface area contributed by atoms with Gasteiger partial charge in [0.1, 0.15) is 6.54 Å². The van der Waals surface area contributed by atoms with Crippen molar-refractivity contribution in [2.75, 3.05) is 11.1 Å². The monoisotopic (exact) mass is 372 g/mol. The summed E-state index contributed by atoms with van der Waals surface area (Å²) < 4.78 is 3.13. The van der Waals surface area contributed by atoms with Crippen LogP contribution in [0.1, 0.15) is 0 Å². The summed E-state index contributed by atoms with van der Waals surface area (Å²) in [5, 5.41) is 6.79. The van der Waals surface area contributed by atoms with Crippen molar-refractivity contribution in [1.82, 2.24) is 9.78 Å². The first kappa shape index (κ1) is 13.1. The van der Waals surface area contributed by atoms with Crippen LogP contribution in [0.15, 0.2) is 39.5 Å². The van der Waals surface area contributed by atoms with Crippen molar-refractivity contribution in [2.24, 2.45) is 0 Å². The molecule has 0 aliphatic heterocycles. The molecular formula is C11H10Br2N4O. The summed E-state index contributed by atoms with van der Waals surface area (Å²) in [6.07, 6.45) is 3.37. The second kappa shape index (κ2) is 5.53. The van der Waals surface area contributed by atoms with Gasteiger partial charge in [-0.25, -0.2) is 0 Å². The molecule has 0 saturated carbocycles. The van der Waals surface area contributed by atoms with Crippen molar-refractivity contribution in [3.05, 3.63) is 39.5 Å². The lowest BCUT2D eigenvalue weighted by Gasteiger charge is -2.08. The van der Waals surface area contributed by atoms with Crippen LogP contribution >= 0.6 is 31.9 Å². The van der Waals surface area contributed by atoms with E-state index < -0.39 is 0 Å². The molecule has 5 nitrogen and oxygen atoms in total. The predicted octanol–water partition coefficient (Wildman–Crippen LogP) is 2.63. The lowest BCUT2D eigenvalue weighted by Crippen LogP contribution is -2.19. The summed E-state index contributed by atoms with van der Waals surface area (Å²) in [4.78, 5) is 11.8. The van der Waals surface area contributed by atoms with E-state index in [4.69, 9.17) is 5.73 Å². The number of nitrogens with one attached hydrogen (secondary N) is 1. The second-order valence-electron chi connectivity index (χ2n) is 3.64. The molecule has 0 saturated heterocycles. The van der Waals surface area contributed by atoms with Crippen molar-refractivity contribution in [3.8, 4) is 0 Å². The molecule has 0 radical (unpaired) electrons. The van der Waals surface area contributed by atoms with E-state index in [1.165, 1.54) is 0 Å². The third-order valence-electron chi connectivity index (χ3n) is 2.17. The van der Waals surface area contributed by atoms with Gasteiger partial charge in [0.2, 0.25) is 5.91 Å². The van der Waals surface area contributed by atoms with Crippen LogP contribution in [0.25, 0.3) is 0 Å². The van der Waals surface area contributed by atoms with E-state index in [0.29, 0.717) is 11.4 Å². The van der Waals surface area contributed by atoms with Crippen LogP contribution in [-0.4, -0.2) is 15.7 Å². The molecule has 1 aromatic heterocycles. The Labute approximate surface area is 121 Å². The highest BCUT2D eigenvalue weighted by Crippen LogP contribution is 2.24. The maximum Gasteiger partial charge on any atom is 0.246 e. The molecule has 0 aliphatic carbocycles. The zero-order chi connectivity index (χ0) is 13.1. The molecule has 18 heavy (non-hydrogen) atoms. The van der Waals surface area contributed by atoms with Crippen LogP contribution in [0, 0.1) is 0 Å². The fourth-order valence-electron chi connectivity index (χ4n) is 1.39. The van der Waals surface area contributed by atoms with E-state index >= 15 is 0 Å². The Hall–Kier alpha value is -1.34. The third kappa shape index (κ3) is 3.33. The van der Waals surface area contributed by atoms with Crippen LogP contribution in [-0.2, 0) is 11.3 Å². The third-order valence-corrected chi connectivity index (χ3v) is 3.24. The minimum atomic E-state index is -0.156. The molecule has 0 bridgehead atoms. The fourth-order valence-corrected chi connectivity index (χ4v) is 2.22. The molecule has 0 fully saturated rings. The Morgan fingerprint density at radius 3 is 2.83 bits per heavy atom. The molecule has 1 amide bonds. The number of carbonyl (C=O) groups excluding carboxylic acids is 1. The normalized spacial score (nSPS) is 10.3. The number of amides is 1. The number of aromatic nitrogens is 2. The first-order valence-electron chi connectivity index (χ1n) is 5.07. The molecule has 3 N–H and O–H groups in total. The Balaban J connectivity index is 2.03. The van der Waals surface area contributed by atoms with Gasteiger partial charge in [-0.3, -0.25) is 9.48 Å². The summed E-state index contributed by atoms with van der Waals surface area (Å²) in [6.45, 7) is 0.155. The van der Waals surface area contributed by atoms with Gasteiger partial charge in [0.15, 0.2) is 0 Å². The minimum Gasteiger partial charge on any atom is -0.399 e. The quantitative estimate of drug-likeness (QED) is 0.812. The number of rotatable bonds is 3. The number of anilines is 2. The summed E-state index contributed by atoms with van der Waals surface area (Å²) in [6, 6.07) is 5.21. The summed E-state index contributed by atoms with van der Waals surface area (Å²) in [5.74, 6) is -0.156. The van der Waals surface area contributed by atoms with Gasteiger partial charge >= 0.3 is 0 Å². The Morgan fingerprint density at radius 1 is 1.44 bits per heavy atom. The van der Waals surface area contributed by atoms with Crippen LogP contribution in [0.2, 0.25) is 0 Å². The number of hydrogen-bond acceptors (Lipinski definition) is 3. The maximum atomic E-state index is 11.8. The molecule has 0 unspecified atom stereocenters. The van der Waals surface area contributed by atoms with Crippen LogP contribution in [0.4, 0.5) is 11.4 Å². The van der Waals surface area contributed by atoms with E-state index in [1.807, 2.05) is 0 Å². The molecule has 2 aromatic rings. The molecule has 1 aromatic carbocycles. The van der Waals surface area contributed by atoms with E-state index in [0.717, 1.165) is 8.95 Å². The van der Waals surface area contributed by atoms with Crippen LogP contribution in [0.5, 0.6) is 0 Å². The fraction of sp³-hybridized carbons (Fsp3) is 0.0909. The van der Waals surface area contributed by atoms with Gasteiger partial charge in [-0.05, 0) is 50.1 Å². The van der Waals surface area contributed by atoms with Crippen molar-refractivity contribution in [2.45, 2.75) is 6.54 Å². The topological polar surface area (TPSA) is 72.9 Å². The minimum absolute atomic E-state index is 0.155. The van der Waals surface area contributed by atoms with E-state index in [-0.39, 0.29) is 12.5 Å². The van der Waals surface area contributed by atoms with Crippen LogP contribution in [0.3, 0.4) is 0 Å². The average Bonchev–Trinajstić information content (AvgIpc) is 2.68. The van der Waals surface area contributed by atoms with Crippen molar-refractivity contribution >= 4 is 49.1 Å². The zero-order valence-electron chi connectivity index (χ0n) is 9.23. The first-order valence-corrected chi connectivity index (χ1v) is 6.66. The molecule has 1 heterocycles. The Morgan fingerprint density at radius 2 is 2.22 bits per heavy atom. The number of halogens is 2. The van der Waals surface area contributed by atoms with E-state index in [9.17, 15) is 4.79 Å². The number of nitrogens with zero attached hydrogens (tertiary/aromatic N) is 2. The Kier molecular flexibility index (Phi) is 4.03. The lowest BCUT2D eigenvalue weighted by atomic mass is 10.3. The molecular weight excluding hydrogens is 364 g/mol. The second-order valence-corrected chi connectivity index (χ2v) is 5.41. The van der Waals surface area contributed by atoms with Gasteiger partial charge in [0.25, 0.3) is 0 Å². The number of nitrogen functional groups attached to an aromatic ring is 1. The lowest BCUT2D eigenvalue weighted by molar-refractivity contribution is -0.116. The Bertz CT molecular complexity index is 582. The molecule has 2 rings (SSSR count). The smallest absolute Gasteiger partial charge is 0.246 e.